The van der Waals surface area contributed by atoms with Crippen LogP contribution in [0, 0.1) is 0 Å². The van der Waals surface area contributed by atoms with Crippen molar-refractivity contribution in [3.05, 3.63) is 101 Å². The second-order valence-corrected chi connectivity index (χ2v) is 9.83. The van der Waals surface area contributed by atoms with Crippen molar-refractivity contribution in [1.29, 1.82) is 0 Å². The maximum atomic E-state index is 12.3. The Morgan fingerprint density at radius 1 is 1.15 bits per heavy atom. The maximum absolute atomic E-state index is 12.3. The van der Waals surface area contributed by atoms with Crippen LogP contribution >= 0.6 is 0 Å². The molecule has 5 rings (SSSR count). The van der Waals surface area contributed by atoms with Crippen LogP contribution in [0.4, 0.5) is 0 Å². The molecule has 0 radical (unpaired) electrons. The number of fused-ring (bicyclic) bond motifs is 2. The van der Waals surface area contributed by atoms with Gasteiger partial charge in [-0.1, -0.05) is 18.6 Å². The number of imidazole rings is 1. The summed E-state index contributed by atoms with van der Waals surface area (Å²) < 4.78 is 5.31. The van der Waals surface area contributed by atoms with E-state index in [1.807, 2.05) is 63.3 Å². The first-order valence-corrected chi connectivity index (χ1v) is 13.1. The Kier molecular flexibility index (Phi) is 7.50. The monoisotopic (exact) mass is 536 g/mol. The molecule has 1 aliphatic rings. The number of carbonyl (C=O) groups excluding carboxylic acids is 1. The SMILES string of the molecule is CCCC(=O)N/C(C=C(C)C)=C/C(=C\N)c1ccc2[nH]nc(-c3nc4c([nH]3)CC(N)=CC=C4c3ccoc3)c2n1. The highest BCUT2D eigenvalue weighted by molar-refractivity contribution is 5.91. The topological polar surface area (TPSA) is 165 Å². The minimum Gasteiger partial charge on any atom is -0.472 e. The minimum absolute atomic E-state index is 0.0555. The van der Waals surface area contributed by atoms with Crippen LogP contribution in [0.3, 0.4) is 0 Å². The zero-order chi connectivity index (χ0) is 28.2. The predicted octanol–water partition coefficient (Wildman–Crippen LogP) is 4.84. The number of hydrogen-bond donors (Lipinski definition) is 5. The lowest BCUT2D eigenvalue weighted by Gasteiger charge is -2.09. The van der Waals surface area contributed by atoms with Crippen LogP contribution < -0.4 is 16.8 Å². The minimum atomic E-state index is -0.0555. The number of nitrogens with one attached hydrogen (secondary N) is 3. The van der Waals surface area contributed by atoms with E-state index in [0.717, 1.165) is 40.0 Å². The molecule has 0 saturated carbocycles. The van der Waals surface area contributed by atoms with Gasteiger partial charge >= 0.3 is 0 Å². The molecule has 0 unspecified atom stereocenters. The smallest absolute Gasteiger partial charge is 0.224 e. The maximum Gasteiger partial charge on any atom is 0.224 e. The van der Waals surface area contributed by atoms with Crippen LogP contribution in [0.25, 0.3) is 33.7 Å². The summed E-state index contributed by atoms with van der Waals surface area (Å²) in [7, 11) is 0. The largest absolute Gasteiger partial charge is 0.472 e. The van der Waals surface area contributed by atoms with Gasteiger partial charge in [0.25, 0.3) is 0 Å². The third kappa shape index (κ3) is 5.51. The number of hydrogen-bond acceptors (Lipinski definition) is 7. The summed E-state index contributed by atoms with van der Waals surface area (Å²) in [5.74, 6) is 0.510. The van der Waals surface area contributed by atoms with Crippen molar-refractivity contribution < 1.29 is 9.21 Å². The quantitative estimate of drug-likeness (QED) is 0.201. The molecular formula is C30H32N8O2. The van der Waals surface area contributed by atoms with Crippen molar-refractivity contribution in [1.82, 2.24) is 30.5 Å². The van der Waals surface area contributed by atoms with Crippen molar-refractivity contribution in [2.75, 3.05) is 0 Å². The average molecular weight is 537 g/mol. The van der Waals surface area contributed by atoms with Gasteiger partial charge in [0.1, 0.15) is 5.52 Å². The molecule has 0 aromatic carbocycles. The summed E-state index contributed by atoms with van der Waals surface area (Å²) in [6.07, 6.45) is 14.1. The summed E-state index contributed by atoms with van der Waals surface area (Å²) in [5.41, 5.74) is 21.3. The van der Waals surface area contributed by atoms with Crippen molar-refractivity contribution in [2.45, 2.75) is 40.0 Å². The van der Waals surface area contributed by atoms with Crippen molar-refractivity contribution >= 4 is 28.1 Å². The van der Waals surface area contributed by atoms with E-state index in [4.69, 9.17) is 25.9 Å². The molecule has 0 aliphatic heterocycles. The lowest BCUT2D eigenvalue weighted by molar-refractivity contribution is -0.120. The molecular weight excluding hydrogens is 504 g/mol. The van der Waals surface area contributed by atoms with Crippen LogP contribution in [0.5, 0.6) is 0 Å². The van der Waals surface area contributed by atoms with Crippen LogP contribution in [0.15, 0.2) is 82.6 Å². The fourth-order valence-corrected chi connectivity index (χ4v) is 4.53. The van der Waals surface area contributed by atoms with Crippen molar-refractivity contribution in [3.8, 4) is 11.5 Å². The van der Waals surface area contributed by atoms with Crippen molar-refractivity contribution in [2.24, 2.45) is 11.5 Å². The molecule has 4 heterocycles. The van der Waals surface area contributed by atoms with E-state index in [1.165, 1.54) is 6.20 Å². The third-order valence-corrected chi connectivity index (χ3v) is 6.33. The Morgan fingerprint density at radius 2 is 2.00 bits per heavy atom. The van der Waals surface area contributed by atoms with E-state index in [1.54, 1.807) is 12.5 Å². The Bertz CT molecular complexity index is 1710. The summed E-state index contributed by atoms with van der Waals surface area (Å²) in [6.45, 7) is 5.90. The van der Waals surface area contributed by atoms with E-state index in [-0.39, 0.29) is 5.91 Å². The molecule has 204 valence electrons. The normalized spacial score (nSPS) is 13.9. The zero-order valence-corrected chi connectivity index (χ0v) is 22.7. The van der Waals surface area contributed by atoms with E-state index in [9.17, 15) is 4.79 Å². The van der Waals surface area contributed by atoms with E-state index in [0.29, 0.717) is 52.5 Å². The number of carbonyl (C=O) groups is 1. The number of aromatic nitrogens is 5. The number of pyridine rings is 1. The summed E-state index contributed by atoms with van der Waals surface area (Å²) >= 11 is 0. The number of nitrogens with two attached hydrogens (primary N) is 2. The number of aromatic amines is 2. The molecule has 10 nitrogen and oxygen atoms in total. The second kappa shape index (κ2) is 11.3. The van der Waals surface area contributed by atoms with Crippen molar-refractivity contribution in [3.63, 3.8) is 0 Å². The number of nitrogens with zero attached hydrogens (tertiary/aromatic N) is 3. The van der Waals surface area contributed by atoms with Crippen LogP contribution in [-0.2, 0) is 11.2 Å². The second-order valence-electron chi connectivity index (χ2n) is 9.83. The van der Waals surface area contributed by atoms with E-state index < -0.39 is 0 Å². The van der Waals surface area contributed by atoms with Gasteiger partial charge in [-0.15, -0.1) is 0 Å². The lowest BCUT2D eigenvalue weighted by Crippen LogP contribution is -2.21. The van der Waals surface area contributed by atoms with Crippen LogP contribution in [0.2, 0.25) is 0 Å². The van der Waals surface area contributed by atoms with Gasteiger partial charge in [-0.05, 0) is 56.7 Å². The fourth-order valence-electron chi connectivity index (χ4n) is 4.53. The molecule has 0 bridgehead atoms. The highest BCUT2D eigenvalue weighted by Crippen LogP contribution is 2.32. The highest BCUT2D eigenvalue weighted by atomic mass is 16.3. The number of furan rings is 1. The number of allylic oxidation sites excluding steroid dienone is 7. The molecule has 4 aromatic heterocycles. The zero-order valence-electron chi connectivity index (χ0n) is 22.7. The number of rotatable bonds is 8. The van der Waals surface area contributed by atoms with E-state index >= 15 is 0 Å². The standard InChI is InChI=1S/C30H32N8O2/c1-4-5-26(39)33-21(12-17(2)3)13-19(15-31)23-8-9-24-28(34-23)29(38-37-24)30-35-25-14-20(32)6-7-22(27(25)36-30)18-10-11-40-16-18/h6-13,15-16H,4-5,14,31-32H2,1-3H3,(H,33,39)(H,35,36)(H,37,38)/b19-15+,21-13+. The molecule has 0 atom stereocenters. The first-order valence-electron chi connectivity index (χ1n) is 13.1. The molecule has 1 aliphatic carbocycles. The predicted molar refractivity (Wildman–Crippen MR) is 156 cm³/mol. The van der Waals surface area contributed by atoms with Gasteiger partial charge in [-0.2, -0.15) is 5.10 Å². The lowest BCUT2D eigenvalue weighted by atomic mass is 10.0. The fraction of sp³-hybridized carbons (Fsp3) is 0.200. The molecule has 0 spiro atoms. The first kappa shape index (κ1) is 26.5. The van der Waals surface area contributed by atoms with Gasteiger partial charge in [0.05, 0.1) is 29.4 Å². The molecule has 10 heteroatoms. The van der Waals surface area contributed by atoms with Crippen LogP contribution in [0.1, 0.15) is 56.3 Å². The Labute approximate surface area is 231 Å². The molecule has 0 fully saturated rings. The molecule has 40 heavy (non-hydrogen) atoms. The first-order chi connectivity index (χ1) is 19.4. The summed E-state index contributed by atoms with van der Waals surface area (Å²) in [6, 6.07) is 5.64. The molecule has 7 N–H and O–H groups in total. The Balaban J connectivity index is 1.54. The van der Waals surface area contributed by atoms with Gasteiger partial charge in [0.15, 0.2) is 11.5 Å². The van der Waals surface area contributed by atoms with Gasteiger partial charge in [-0.25, -0.2) is 9.97 Å². The summed E-state index contributed by atoms with van der Waals surface area (Å²) in [5, 5.41) is 10.5. The average Bonchev–Trinajstić information content (AvgIpc) is 3.66. The summed E-state index contributed by atoms with van der Waals surface area (Å²) in [4.78, 5) is 25.5. The molecule has 1 amide bonds. The van der Waals surface area contributed by atoms with Gasteiger partial charge < -0.3 is 26.2 Å². The third-order valence-electron chi connectivity index (χ3n) is 6.33. The number of amides is 1. The highest BCUT2D eigenvalue weighted by Gasteiger charge is 2.22. The Morgan fingerprint density at radius 3 is 2.73 bits per heavy atom. The van der Waals surface area contributed by atoms with Crippen LogP contribution in [-0.4, -0.2) is 31.1 Å². The van der Waals surface area contributed by atoms with Gasteiger partial charge in [0.2, 0.25) is 5.91 Å². The molecule has 0 saturated heterocycles. The van der Waals surface area contributed by atoms with Gasteiger partial charge in [0, 0.05) is 52.8 Å². The van der Waals surface area contributed by atoms with E-state index in [2.05, 4.69) is 20.5 Å². The molecule has 4 aromatic rings. The number of H-pyrrole nitrogens is 2. The van der Waals surface area contributed by atoms with Gasteiger partial charge in [-0.3, -0.25) is 9.89 Å². The Hall–Kier alpha value is -5.12.